The van der Waals surface area contributed by atoms with Crippen LogP contribution < -0.4 is 0 Å². The van der Waals surface area contributed by atoms with Crippen molar-refractivity contribution in [3.05, 3.63) is 0 Å². The summed E-state index contributed by atoms with van der Waals surface area (Å²) in [5, 5.41) is 0. The van der Waals surface area contributed by atoms with Gasteiger partial charge in [0.25, 0.3) is 0 Å². The molecule has 0 rings (SSSR count). The van der Waals surface area contributed by atoms with E-state index in [1.54, 1.807) is 0 Å². The second-order valence-corrected chi connectivity index (χ2v) is 2.22. The predicted octanol–water partition coefficient (Wildman–Crippen LogP) is -1.41. The molecule has 0 aromatic heterocycles. The molecule has 0 aliphatic carbocycles. The van der Waals surface area contributed by atoms with E-state index >= 15 is 0 Å². The van der Waals surface area contributed by atoms with Crippen molar-refractivity contribution >= 4 is 23.3 Å². The number of hydrogen-bond donors (Lipinski definition) is 0. The van der Waals surface area contributed by atoms with Crippen molar-refractivity contribution in [2.45, 2.75) is 0 Å². The second-order valence-electron chi connectivity index (χ2n) is 0.740. The fourth-order valence-electron chi connectivity index (χ4n) is 0.0304. The fraction of sp³-hybridized carbons (Fsp3) is 0. The SMILES string of the molecule is B=NS(=O)(=O)C=O. The Kier molecular flexibility index (Phi) is 1.82. The first kappa shape index (κ1) is 6.48. The molecule has 0 radical (unpaired) electrons. The average molecular weight is 119 g/mol. The molecule has 0 N–H and O–H groups in total. The average Bonchev–Trinajstić information content (AvgIpc) is 1.68. The van der Waals surface area contributed by atoms with Crippen LogP contribution in [-0.2, 0) is 14.8 Å². The van der Waals surface area contributed by atoms with Gasteiger partial charge in [0.15, 0.2) is 0 Å². The summed E-state index contributed by atoms with van der Waals surface area (Å²) in [6.07, 6.45) is 0. The number of carbonyl (C=O) groups excluding carboxylic acids is 1. The summed E-state index contributed by atoms with van der Waals surface area (Å²) in [4.78, 5) is 9.34. The molecule has 0 saturated heterocycles. The van der Waals surface area contributed by atoms with E-state index in [2.05, 4.69) is 11.9 Å². The van der Waals surface area contributed by atoms with Crippen LogP contribution >= 0.6 is 0 Å². The third-order valence-electron chi connectivity index (χ3n) is 0.302. The number of hydrogen-bond acceptors (Lipinski definition) is 3. The molecule has 0 spiro atoms. The molecule has 0 fully saturated rings. The number of carbonyl (C=O) groups is 1. The van der Waals surface area contributed by atoms with Crippen molar-refractivity contribution in [3.63, 3.8) is 0 Å². The Balaban J connectivity index is 4.49. The van der Waals surface area contributed by atoms with Gasteiger partial charge in [-0.25, -0.2) is 0 Å². The van der Waals surface area contributed by atoms with E-state index in [0.29, 0.717) is 0 Å². The molecule has 0 atom stereocenters. The number of nitrogens with zero attached hydrogens (tertiary/aromatic N) is 1. The van der Waals surface area contributed by atoms with Crippen molar-refractivity contribution in [3.8, 4) is 0 Å². The Morgan fingerprint density at radius 1 is 1.57 bits per heavy atom. The first-order valence-corrected chi connectivity index (χ1v) is 2.81. The van der Waals surface area contributed by atoms with Gasteiger partial charge < -0.3 is 0 Å². The zero-order chi connectivity index (χ0) is 5.91. The quantitative estimate of drug-likeness (QED) is 0.331. The van der Waals surface area contributed by atoms with Gasteiger partial charge >= 0.3 is 40.8 Å². The zero-order valence-corrected chi connectivity index (χ0v) is 4.18. The first-order valence-electron chi connectivity index (χ1n) is 1.30. The molecule has 0 aromatic carbocycles. The molecule has 0 aromatic rings. The number of rotatable bonds is 2. The molecule has 7 heavy (non-hydrogen) atoms. The van der Waals surface area contributed by atoms with Gasteiger partial charge in [-0.1, -0.05) is 0 Å². The van der Waals surface area contributed by atoms with Crippen molar-refractivity contribution in [2.75, 3.05) is 0 Å². The predicted molar refractivity (Wildman–Crippen MR) is 25.2 cm³/mol. The van der Waals surface area contributed by atoms with Crippen LogP contribution in [0.5, 0.6) is 0 Å². The van der Waals surface area contributed by atoms with Crippen LogP contribution in [0.25, 0.3) is 0 Å². The molecule has 0 unspecified atom stereocenters. The molecule has 0 heterocycles. The van der Waals surface area contributed by atoms with E-state index in [1.165, 1.54) is 0 Å². The molecule has 0 aliphatic rings. The van der Waals surface area contributed by atoms with Crippen LogP contribution in [0, 0.1) is 0 Å². The van der Waals surface area contributed by atoms with Crippen molar-refractivity contribution in [2.24, 2.45) is 4.30 Å². The molecular weight excluding hydrogens is 117 g/mol. The van der Waals surface area contributed by atoms with Crippen LogP contribution in [0.15, 0.2) is 4.30 Å². The number of sulfonamides is 1. The van der Waals surface area contributed by atoms with E-state index in [9.17, 15) is 13.2 Å². The van der Waals surface area contributed by atoms with Gasteiger partial charge in [-0.05, 0) is 0 Å². The van der Waals surface area contributed by atoms with E-state index in [4.69, 9.17) is 0 Å². The Morgan fingerprint density at radius 3 is 2.00 bits per heavy atom. The molecule has 4 nitrogen and oxygen atoms in total. The van der Waals surface area contributed by atoms with E-state index in [-0.39, 0.29) is 5.62 Å². The fourth-order valence-corrected chi connectivity index (χ4v) is 0.0913. The summed E-state index contributed by atoms with van der Waals surface area (Å²) in [6.45, 7) is 0. The van der Waals surface area contributed by atoms with Gasteiger partial charge in [-0.3, -0.25) is 0 Å². The molecule has 0 amide bonds. The van der Waals surface area contributed by atoms with Crippen molar-refractivity contribution in [1.29, 1.82) is 0 Å². The van der Waals surface area contributed by atoms with E-state index in [0.717, 1.165) is 0 Å². The van der Waals surface area contributed by atoms with Crippen molar-refractivity contribution < 1.29 is 13.2 Å². The summed E-state index contributed by atoms with van der Waals surface area (Å²) in [5.74, 6) is 0. The Morgan fingerprint density at radius 2 is 2.00 bits per heavy atom. The molecule has 0 bridgehead atoms. The first-order chi connectivity index (χ1) is 3.12. The van der Waals surface area contributed by atoms with Gasteiger partial charge in [-0.2, -0.15) is 0 Å². The summed E-state index contributed by atoms with van der Waals surface area (Å²) in [7, 11) is -1.19. The van der Waals surface area contributed by atoms with Gasteiger partial charge in [-0.15, -0.1) is 0 Å². The Labute approximate surface area is 41.7 Å². The molecule has 0 saturated carbocycles. The summed E-state index contributed by atoms with van der Waals surface area (Å²) < 4.78 is 22.0. The minimum absolute atomic E-state index is 0.264. The standard InChI is InChI=1S/CH2BNO3S/c2-3-7(5,6)1-4/h1-2H. The Hall–Kier alpha value is -0.515. The molecular formula is CH2BNO3S. The minimum atomic E-state index is -3.82. The normalized spacial score (nSPS) is 10.1. The van der Waals surface area contributed by atoms with E-state index in [1.807, 2.05) is 0 Å². The third-order valence-corrected chi connectivity index (χ3v) is 0.905. The molecule has 38 valence electrons. The van der Waals surface area contributed by atoms with Gasteiger partial charge in [0.2, 0.25) is 0 Å². The maximum atomic E-state index is 9.77. The summed E-state index contributed by atoms with van der Waals surface area (Å²) >= 11 is 0. The molecule has 0 aliphatic heterocycles. The van der Waals surface area contributed by atoms with Crippen LogP contribution in [0.3, 0.4) is 0 Å². The van der Waals surface area contributed by atoms with Gasteiger partial charge in [0, 0.05) is 0 Å². The van der Waals surface area contributed by atoms with Crippen molar-refractivity contribution in [1.82, 2.24) is 0 Å². The summed E-state index contributed by atoms with van der Waals surface area (Å²) in [5.41, 5.74) is -0.264. The van der Waals surface area contributed by atoms with Crippen LogP contribution in [0.1, 0.15) is 0 Å². The monoisotopic (exact) mass is 119 g/mol. The van der Waals surface area contributed by atoms with Gasteiger partial charge in [0.1, 0.15) is 0 Å². The van der Waals surface area contributed by atoms with Crippen LogP contribution in [0.2, 0.25) is 0 Å². The topological polar surface area (TPSA) is 63.6 Å². The van der Waals surface area contributed by atoms with E-state index < -0.39 is 10.0 Å². The summed E-state index contributed by atoms with van der Waals surface area (Å²) in [6, 6.07) is 0. The van der Waals surface area contributed by atoms with Crippen LogP contribution in [0.4, 0.5) is 0 Å². The van der Waals surface area contributed by atoms with Crippen LogP contribution in [-0.4, -0.2) is 21.7 Å². The maximum absolute atomic E-state index is 9.77. The Bertz CT molecular complexity index is 155. The zero-order valence-electron chi connectivity index (χ0n) is 3.36. The second kappa shape index (κ2) is 1.97. The molecule has 6 heteroatoms. The third kappa shape index (κ3) is 2.21. The van der Waals surface area contributed by atoms with Gasteiger partial charge in [0.05, 0.1) is 0 Å².